The van der Waals surface area contributed by atoms with Gasteiger partial charge in [0.1, 0.15) is 0 Å². The second-order valence-electron chi connectivity index (χ2n) is 4.98. The first-order valence-corrected chi connectivity index (χ1v) is 8.83. The summed E-state index contributed by atoms with van der Waals surface area (Å²) in [5.41, 5.74) is 0. The lowest BCUT2D eigenvalue weighted by molar-refractivity contribution is -0.0121. The molecule has 1 aromatic carbocycles. The Morgan fingerprint density at radius 2 is 1.81 bits per heavy atom. The fraction of sp³-hybridized carbons (Fsp3) is 0.600. The highest BCUT2D eigenvalue weighted by molar-refractivity contribution is 7.89. The minimum absolute atomic E-state index is 0.132. The minimum Gasteiger partial charge on any atom is -0.379 e. The van der Waals surface area contributed by atoms with Gasteiger partial charge in [-0.2, -0.15) is 4.31 Å². The molecule has 0 aliphatic carbocycles. The fourth-order valence-corrected chi connectivity index (χ4v) is 3.89. The third-order valence-electron chi connectivity index (χ3n) is 3.57. The number of sulfonamides is 1. The summed E-state index contributed by atoms with van der Waals surface area (Å²) >= 11 is 0. The predicted octanol–water partition coefficient (Wildman–Crippen LogP) is 1.89. The molecule has 1 aliphatic heterocycles. The van der Waals surface area contributed by atoms with Gasteiger partial charge in [-0.05, 0) is 31.9 Å². The molecule has 0 amide bonds. The van der Waals surface area contributed by atoms with E-state index in [2.05, 4.69) is 0 Å². The molecule has 5 nitrogen and oxygen atoms in total. The van der Waals surface area contributed by atoms with Gasteiger partial charge in [0.15, 0.2) is 0 Å². The first-order chi connectivity index (χ1) is 10.1. The summed E-state index contributed by atoms with van der Waals surface area (Å²) in [6, 6.07) is 8.59. The summed E-state index contributed by atoms with van der Waals surface area (Å²) in [7, 11) is -3.36. The van der Waals surface area contributed by atoms with Crippen molar-refractivity contribution < 1.29 is 17.9 Å². The van der Waals surface area contributed by atoms with Gasteiger partial charge >= 0.3 is 0 Å². The normalized spacial score (nSPS) is 18.0. The van der Waals surface area contributed by atoms with Gasteiger partial charge in [-0.3, -0.25) is 0 Å². The highest BCUT2D eigenvalue weighted by Crippen LogP contribution is 2.21. The Kier molecular flexibility index (Phi) is 6.17. The molecule has 0 spiro atoms. The second kappa shape index (κ2) is 7.89. The van der Waals surface area contributed by atoms with Gasteiger partial charge in [0.2, 0.25) is 10.0 Å². The minimum atomic E-state index is -3.36. The third-order valence-corrected chi connectivity index (χ3v) is 5.48. The number of ether oxygens (including phenoxy) is 2. The van der Waals surface area contributed by atoms with Crippen molar-refractivity contribution >= 4 is 10.0 Å². The Morgan fingerprint density at radius 1 is 1.14 bits per heavy atom. The summed E-state index contributed by atoms with van der Waals surface area (Å²) in [5, 5.41) is 0. The molecule has 0 saturated carbocycles. The Balaban J connectivity index is 1.83. The summed E-state index contributed by atoms with van der Waals surface area (Å²) < 4.78 is 37.4. The van der Waals surface area contributed by atoms with Crippen LogP contribution >= 0.6 is 0 Å². The molecule has 118 valence electrons. The second-order valence-corrected chi connectivity index (χ2v) is 6.92. The van der Waals surface area contributed by atoms with E-state index in [1.165, 1.54) is 0 Å². The van der Waals surface area contributed by atoms with Crippen LogP contribution in [0.2, 0.25) is 0 Å². The SMILES string of the molecule is CCOCCOC1CCN(S(=O)(=O)c2ccccc2)CC1. The summed E-state index contributed by atoms with van der Waals surface area (Å²) in [6.45, 7) is 4.83. The summed E-state index contributed by atoms with van der Waals surface area (Å²) in [4.78, 5) is 0.362. The number of benzene rings is 1. The monoisotopic (exact) mass is 313 g/mol. The average Bonchev–Trinajstić information content (AvgIpc) is 2.53. The average molecular weight is 313 g/mol. The molecule has 0 bridgehead atoms. The summed E-state index contributed by atoms with van der Waals surface area (Å²) in [5.74, 6) is 0. The zero-order chi connectivity index (χ0) is 15.1. The molecule has 0 unspecified atom stereocenters. The molecular formula is C15H23NO4S. The smallest absolute Gasteiger partial charge is 0.243 e. The standard InChI is InChI=1S/C15H23NO4S/c1-2-19-12-13-20-14-8-10-16(11-9-14)21(17,18)15-6-4-3-5-7-15/h3-7,14H,2,8-13H2,1H3. The van der Waals surface area contributed by atoms with Crippen molar-refractivity contribution in [1.29, 1.82) is 0 Å². The molecule has 0 aromatic heterocycles. The molecule has 1 saturated heterocycles. The van der Waals surface area contributed by atoms with Crippen LogP contribution in [0.3, 0.4) is 0 Å². The van der Waals surface area contributed by atoms with Crippen LogP contribution in [0.4, 0.5) is 0 Å². The molecule has 0 N–H and O–H groups in total. The maximum absolute atomic E-state index is 12.5. The number of rotatable bonds is 7. The molecule has 0 atom stereocenters. The number of hydrogen-bond acceptors (Lipinski definition) is 4. The van der Waals surface area contributed by atoms with E-state index in [1.54, 1.807) is 28.6 Å². The fourth-order valence-electron chi connectivity index (χ4n) is 2.40. The molecular weight excluding hydrogens is 290 g/mol. The van der Waals surface area contributed by atoms with Crippen LogP contribution in [0, 0.1) is 0 Å². The van der Waals surface area contributed by atoms with E-state index in [1.807, 2.05) is 13.0 Å². The Labute approximate surface area is 126 Å². The Bertz CT molecular complexity index is 510. The Morgan fingerprint density at radius 3 is 2.43 bits per heavy atom. The van der Waals surface area contributed by atoms with E-state index >= 15 is 0 Å². The van der Waals surface area contributed by atoms with E-state index < -0.39 is 10.0 Å². The van der Waals surface area contributed by atoms with E-state index in [0.717, 1.165) is 12.8 Å². The van der Waals surface area contributed by atoms with Gasteiger partial charge in [0, 0.05) is 19.7 Å². The number of piperidine rings is 1. The van der Waals surface area contributed by atoms with Crippen molar-refractivity contribution in [1.82, 2.24) is 4.31 Å². The van der Waals surface area contributed by atoms with E-state index in [-0.39, 0.29) is 6.10 Å². The predicted molar refractivity (Wildman–Crippen MR) is 80.7 cm³/mol. The Hall–Kier alpha value is -0.950. The highest BCUT2D eigenvalue weighted by atomic mass is 32.2. The van der Waals surface area contributed by atoms with Gasteiger partial charge in [-0.15, -0.1) is 0 Å². The number of hydrogen-bond donors (Lipinski definition) is 0. The molecule has 21 heavy (non-hydrogen) atoms. The van der Waals surface area contributed by atoms with Gasteiger partial charge in [-0.25, -0.2) is 8.42 Å². The molecule has 1 aliphatic rings. The van der Waals surface area contributed by atoms with Crippen molar-refractivity contribution in [2.75, 3.05) is 32.9 Å². The first-order valence-electron chi connectivity index (χ1n) is 7.39. The molecule has 0 radical (unpaired) electrons. The molecule has 1 heterocycles. The first kappa shape index (κ1) is 16.4. The van der Waals surface area contributed by atoms with Crippen molar-refractivity contribution in [3.8, 4) is 0 Å². The van der Waals surface area contributed by atoms with Gasteiger partial charge in [0.05, 0.1) is 24.2 Å². The molecule has 6 heteroatoms. The van der Waals surface area contributed by atoms with Gasteiger partial charge < -0.3 is 9.47 Å². The third kappa shape index (κ3) is 4.51. The van der Waals surface area contributed by atoms with Crippen LogP contribution in [0.1, 0.15) is 19.8 Å². The largest absolute Gasteiger partial charge is 0.379 e. The topological polar surface area (TPSA) is 55.8 Å². The van der Waals surface area contributed by atoms with Crippen LogP contribution in [-0.2, 0) is 19.5 Å². The van der Waals surface area contributed by atoms with E-state index in [0.29, 0.717) is 37.8 Å². The lowest BCUT2D eigenvalue weighted by Crippen LogP contribution is -2.41. The van der Waals surface area contributed by atoms with E-state index in [4.69, 9.17) is 9.47 Å². The zero-order valence-electron chi connectivity index (χ0n) is 12.4. The number of nitrogens with zero attached hydrogens (tertiary/aromatic N) is 1. The highest BCUT2D eigenvalue weighted by Gasteiger charge is 2.29. The van der Waals surface area contributed by atoms with Crippen LogP contribution in [0.25, 0.3) is 0 Å². The molecule has 1 aromatic rings. The quantitative estimate of drug-likeness (QED) is 0.721. The van der Waals surface area contributed by atoms with Crippen LogP contribution in [0.5, 0.6) is 0 Å². The van der Waals surface area contributed by atoms with Gasteiger partial charge in [0.25, 0.3) is 0 Å². The van der Waals surface area contributed by atoms with Crippen molar-refractivity contribution in [2.45, 2.75) is 30.8 Å². The van der Waals surface area contributed by atoms with Crippen molar-refractivity contribution in [2.24, 2.45) is 0 Å². The zero-order valence-corrected chi connectivity index (χ0v) is 13.2. The van der Waals surface area contributed by atoms with Crippen LogP contribution in [-0.4, -0.2) is 51.7 Å². The molecule has 1 fully saturated rings. The van der Waals surface area contributed by atoms with Crippen molar-refractivity contribution in [3.05, 3.63) is 30.3 Å². The maximum Gasteiger partial charge on any atom is 0.243 e. The lowest BCUT2D eigenvalue weighted by atomic mass is 10.1. The van der Waals surface area contributed by atoms with Gasteiger partial charge in [-0.1, -0.05) is 18.2 Å². The molecule has 2 rings (SSSR count). The van der Waals surface area contributed by atoms with E-state index in [9.17, 15) is 8.42 Å². The van der Waals surface area contributed by atoms with Crippen LogP contribution < -0.4 is 0 Å². The van der Waals surface area contributed by atoms with Crippen LogP contribution in [0.15, 0.2) is 35.2 Å². The summed E-state index contributed by atoms with van der Waals surface area (Å²) in [6.07, 6.45) is 1.60. The lowest BCUT2D eigenvalue weighted by Gasteiger charge is -2.31. The van der Waals surface area contributed by atoms with Crippen molar-refractivity contribution in [3.63, 3.8) is 0 Å². The maximum atomic E-state index is 12.5.